The van der Waals surface area contributed by atoms with Crippen LogP contribution in [0.1, 0.15) is 23.0 Å². The number of pyridine rings is 1. The number of carbonyl (C=O) groups excluding carboxylic acids is 1. The Hall–Kier alpha value is -1.82. The lowest BCUT2D eigenvalue weighted by molar-refractivity contribution is 0.0525. The lowest BCUT2D eigenvalue weighted by Gasteiger charge is -2.06. The molecule has 2 aromatic rings. The SMILES string of the molecule is CCOC(=O)c1cnn(C)c1CSc1ccncc1. The molecule has 6 heteroatoms. The Morgan fingerprint density at radius 1 is 1.42 bits per heavy atom. The van der Waals surface area contributed by atoms with Gasteiger partial charge in [-0.05, 0) is 19.1 Å². The van der Waals surface area contributed by atoms with Crippen molar-refractivity contribution < 1.29 is 9.53 Å². The molecule has 0 radical (unpaired) electrons. The van der Waals surface area contributed by atoms with Gasteiger partial charge in [-0.1, -0.05) is 0 Å². The minimum atomic E-state index is -0.319. The van der Waals surface area contributed by atoms with Gasteiger partial charge in [-0.3, -0.25) is 9.67 Å². The Morgan fingerprint density at radius 3 is 2.84 bits per heavy atom. The van der Waals surface area contributed by atoms with E-state index in [0.717, 1.165) is 10.6 Å². The van der Waals surface area contributed by atoms with Gasteiger partial charge in [0.05, 0.1) is 18.5 Å². The van der Waals surface area contributed by atoms with Crippen LogP contribution in [0.2, 0.25) is 0 Å². The highest BCUT2D eigenvalue weighted by Crippen LogP contribution is 2.23. The highest BCUT2D eigenvalue weighted by molar-refractivity contribution is 7.98. The van der Waals surface area contributed by atoms with Crippen molar-refractivity contribution in [2.75, 3.05) is 6.61 Å². The second-order valence-electron chi connectivity index (χ2n) is 3.82. The Bertz CT molecular complexity index is 554. The van der Waals surface area contributed by atoms with Gasteiger partial charge in [0.25, 0.3) is 0 Å². The van der Waals surface area contributed by atoms with E-state index in [1.807, 2.05) is 19.2 Å². The van der Waals surface area contributed by atoms with Gasteiger partial charge in [-0.2, -0.15) is 5.10 Å². The molecule has 0 aromatic carbocycles. The summed E-state index contributed by atoms with van der Waals surface area (Å²) in [5.41, 5.74) is 1.39. The van der Waals surface area contributed by atoms with E-state index in [1.165, 1.54) is 0 Å². The zero-order valence-electron chi connectivity index (χ0n) is 10.9. The molecule has 0 saturated carbocycles. The molecular weight excluding hydrogens is 262 g/mol. The number of esters is 1. The van der Waals surface area contributed by atoms with Crippen molar-refractivity contribution in [2.24, 2.45) is 7.05 Å². The summed E-state index contributed by atoms with van der Waals surface area (Å²) in [6.07, 6.45) is 5.05. The summed E-state index contributed by atoms with van der Waals surface area (Å²) >= 11 is 1.63. The maximum atomic E-state index is 11.8. The summed E-state index contributed by atoms with van der Waals surface area (Å²) in [6, 6.07) is 3.87. The largest absolute Gasteiger partial charge is 0.462 e. The molecule has 2 heterocycles. The fraction of sp³-hybridized carbons (Fsp3) is 0.308. The highest BCUT2D eigenvalue weighted by atomic mass is 32.2. The molecule has 0 unspecified atom stereocenters. The Labute approximate surface area is 116 Å². The van der Waals surface area contributed by atoms with Gasteiger partial charge >= 0.3 is 5.97 Å². The lowest BCUT2D eigenvalue weighted by atomic mass is 10.3. The van der Waals surface area contributed by atoms with E-state index < -0.39 is 0 Å². The summed E-state index contributed by atoms with van der Waals surface area (Å²) in [5, 5.41) is 4.12. The normalized spacial score (nSPS) is 10.4. The number of nitrogens with zero attached hydrogens (tertiary/aromatic N) is 3. The molecule has 0 saturated heterocycles. The van der Waals surface area contributed by atoms with Crippen molar-refractivity contribution in [3.05, 3.63) is 42.0 Å². The minimum absolute atomic E-state index is 0.319. The Balaban J connectivity index is 2.11. The van der Waals surface area contributed by atoms with E-state index in [-0.39, 0.29) is 5.97 Å². The molecule has 0 aliphatic rings. The molecule has 0 spiro atoms. The van der Waals surface area contributed by atoms with Crippen LogP contribution in [-0.2, 0) is 17.5 Å². The zero-order chi connectivity index (χ0) is 13.7. The molecule has 0 fully saturated rings. The van der Waals surface area contributed by atoms with Crippen molar-refractivity contribution >= 4 is 17.7 Å². The molecule has 0 bridgehead atoms. The molecule has 0 N–H and O–H groups in total. The second kappa shape index (κ2) is 6.38. The minimum Gasteiger partial charge on any atom is -0.462 e. The third-order valence-electron chi connectivity index (χ3n) is 2.58. The van der Waals surface area contributed by atoms with Gasteiger partial charge < -0.3 is 4.74 Å². The molecule has 2 aromatic heterocycles. The molecular formula is C13H15N3O2S. The topological polar surface area (TPSA) is 57.0 Å². The van der Waals surface area contributed by atoms with E-state index in [4.69, 9.17) is 4.74 Å². The van der Waals surface area contributed by atoms with E-state index in [0.29, 0.717) is 17.9 Å². The molecule has 100 valence electrons. The molecule has 0 amide bonds. The van der Waals surface area contributed by atoms with E-state index in [9.17, 15) is 4.79 Å². The standard InChI is InChI=1S/C13H15N3O2S/c1-3-18-13(17)11-8-15-16(2)12(11)9-19-10-4-6-14-7-5-10/h4-8H,3,9H2,1-2H3. The molecule has 0 aliphatic heterocycles. The summed E-state index contributed by atoms with van der Waals surface area (Å²) in [5.74, 6) is 0.343. The highest BCUT2D eigenvalue weighted by Gasteiger charge is 2.17. The molecule has 0 atom stereocenters. The van der Waals surface area contributed by atoms with Crippen molar-refractivity contribution in [3.8, 4) is 0 Å². The summed E-state index contributed by atoms with van der Waals surface area (Å²) < 4.78 is 6.73. The van der Waals surface area contributed by atoms with Crippen LogP contribution >= 0.6 is 11.8 Å². The van der Waals surface area contributed by atoms with Crippen LogP contribution < -0.4 is 0 Å². The van der Waals surface area contributed by atoms with Crippen molar-refractivity contribution in [1.29, 1.82) is 0 Å². The number of aromatic nitrogens is 3. The van der Waals surface area contributed by atoms with Crippen LogP contribution in [0.15, 0.2) is 35.6 Å². The first-order chi connectivity index (χ1) is 9.22. The third-order valence-corrected chi connectivity index (χ3v) is 3.61. The smallest absolute Gasteiger partial charge is 0.341 e. The quantitative estimate of drug-likeness (QED) is 0.620. The van der Waals surface area contributed by atoms with E-state index >= 15 is 0 Å². The van der Waals surface area contributed by atoms with Crippen LogP contribution in [0, 0.1) is 0 Å². The van der Waals surface area contributed by atoms with Gasteiger partial charge in [-0.15, -0.1) is 11.8 Å². The zero-order valence-corrected chi connectivity index (χ0v) is 11.7. The number of carbonyl (C=O) groups is 1. The molecule has 2 rings (SSSR count). The van der Waals surface area contributed by atoms with Crippen molar-refractivity contribution in [1.82, 2.24) is 14.8 Å². The van der Waals surface area contributed by atoms with E-state index in [1.54, 1.807) is 42.0 Å². The van der Waals surface area contributed by atoms with Crippen LogP contribution in [-0.4, -0.2) is 27.3 Å². The first-order valence-electron chi connectivity index (χ1n) is 5.93. The lowest BCUT2D eigenvalue weighted by Crippen LogP contribution is -2.08. The maximum absolute atomic E-state index is 11.8. The predicted molar refractivity (Wildman–Crippen MR) is 73.0 cm³/mol. The number of rotatable bonds is 5. The average molecular weight is 277 g/mol. The number of thioether (sulfide) groups is 1. The van der Waals surface area contributed by atoms with Crippen LogP contribution in [0.3, 0.4) is 0 Å². The van der Waals surface area contributed by atoms with Crippen LogP contribution in [0.25, 0.3) is 0 Å². The summed E-state index contributed by atoms with van der Waals surface area (Å²) in [6.45, 7) is 2.16. The second-order valence-corrected chi connectivity index (χ2v) is 4.87. The Kier molecular flexibility index (Phi) is 4.57. The first kappa shape index (κ1) is 13.6. The predicted octanol–water partition coefficient (Wildman–Crippen LogP) is 2.28. The van der Waals surface area contributed by atoms with E-state index in [2.05, 4.69) is 10.1 Å². The van der Waals surface area contributed by atoms with Gasteiger partial charge in [0.1, 0.15) is 5.56 Å². The van der Waals surface area contributed by atoms with Gasteiger partial charge in [0.2, 0.25) is 0 Å². The molecule has 5 nitrogen and oxygen atoms in total. The van der Waals surface area contributed by atoms with Crippen molar-refractivity contribution in [2.45, 2.75) is 17.6 Å². The number of ether oxygens (including phenoxy) is 1. The van der Waals surface area contributed by atoms with Crippen LogP contribution in [0.5, 0.6) is 0 Å². The number of aryl methyl sites for hydroxylation is 1. The summed E-state index contributed by atoms with van der Waals surface area (Å²) in [4.78, 5) is 16.9. The van der Waals surface area contributed by atoms with Gasteiger partial charge in [0, 0.05) is 30.1 Å². The maximum Gasteiger partial charge on any atom is 0.341 e. The third kappa shape index (κ3) is 3.35. The monoisotopic (exact) mass is 277 g/mol. The first-order valence-corrected chi connectivity index (χ1v) is 6.91. The van der Waals surface area contributed by atoms with Crippen molar-refractivity contribution in [3.63, 3.8) is 0 Å². The fourth-order valence-electron chi connectivity index (χ4n) is 1.60. The average Bonchev–Trinajstić information content (AvgIpc) is 2.79. The van der Waals surface area contributed by atoms with Crippen LogP contribution in [0.4, 0.5) is 0 Å². The number of hydrogen-bond donors (Lipinski definition) is 0. The molecule has 0 aliphatic carbocycles. The number of hydrogen-bond acceptors (Lipinski definition) is 5. The van der Waals surface area contributed by atoms with Gasteiger partial charge in [-0.25, -0.2) is 4.79 Å². The molecule has 19 heavy (non-hydrogen) atoms. The van der Waals surface area contributed by atoms with Gasteiger partial charge in [0.15, 0.2) is 0 Å². The summed E-state index contributed by atoms with van der Waals surface area (Å²) in [7, 11) is 1.82. The Morgan fingerprint density at radius 2 is 2.16 bits per heavy atom. The fourth-order valence-corrected chi connectivity index (χ4v) is 2.56.